The van der Waals surface area contributed by atoms with E-state index in [4.69, 9.17) is 0 Å². The maximum Gasteiger partial charge on any atom is 0.269 e. The highest BCUT2D eigenvalue weighted by Crippen LogP contribution is 2.20. The van der Waals surface area contributed by atoms with Crippen LogP contribution in [0.3, 0.4) is 0 Å². The number of non-ortho nitro benzene ring substituents is 1. The SMILES string of the molecule is O=C1CCN(S(=O)(=O)c2ccc([N+](=O)[O-])cc2)CCN1. The molecule has 108 valence electrons. The Labute approximate surface area is 115 Å². The predicted octanol–water partition coefficient (Wildman–Crippen LogP) is 0.105. The molecule has 0 bridgehead atoms. The standard InChI is InChI=1S/C11H13N3O5S/c15-11-5-7-13(8-6-12-11)20(18,19)10-3-1-9(2-4-10)14(16)17/h1-4H,5-8H2,(H,12,15). The molecule has 1 aromatic carbocycles. The number of benzene rings is 1. The molecule has 1 amide bonds. The molecule has 0 saturated carbocycles. The van der Waals surface area contributed by atoms with E-state index in [1.165, 1.54) is 16.4 Å². The summed E-state index contributed by atoms with van der Waals surface area (Å²) < 4.78 is 25.9. The van der Waals surface area contributed by atoms with Gasteiger partial charge in [-0.15, -0.1) is 0 Å². The Kier molecular flexibility index (Phi) is 4.00. The maximum absolute atomic E-state index is 12.3. The van der Waals surface area contributed by atoms with Gasteiger partial charge in [0, 0.05) is 38.2 Å². The molecule has 8 nitrogen and oxygen atoms in total. The highest BCUT2D eigenvalue weighted by Gasteiger charge is 2.27. The number of amides is 1. The largest absolute Gasteiger partial charge is 0.355 e. The number of sulfonamides is 1. The molecule has 0 atom stereocenters. The number of carbonyl (C=O) groups excluding carboxylic acids is 1. The molecule has 1 fully saturated rings. The van der Waals surface area contributed by atoms with Gasteiger partial charge in [0.1, 0.15) is 0 Å². The summed E-state index contributed by atoms with van der Waals surface area (Å²) in [5, 5.41) is 13.1. The van der Waals surface area contributed by atoms with Gasteiger partial charge in [-0.1, -0.05) is 0 Å². The molecule has 1 aliphatic rings. The second-order valence-electron chi connectivity index (χ2n) is 4.26. The molecular weight excluding hydrogens is 286 g/mol. The Morgan fingerprint density at radius 2 is 1.85 bits per heavy atom. The average molecular weight is 299 g/mol. The van der Waals surface area contributed by atoms with Crippen LogP contribution in [0.5, 0.6) is 0 Å². The lowest BCUT2D eigenvalue weighted by atomic mass is 10.3. The van der Waals surface area contributed by atoms with E-state index in [0.29, 0.717) is 0 Å². The molecule has 1 N–H and O–H groups in total. The molecule has 20 heavy (non-hydrogen) atoms. The van der Waals surface area contributed by atoms with Gasteiger partial charge in [0.2, 0.25) is 15.9 Å². The number of carbonyl (C=O) groups is 1. The van der Waals surface area contributed by atoms with Gasteiger partial charge < -0.3 is 5.32 Å². The normalized spacial score (nSPS) is 17.3. The molecule has 0 aromatic heterocycles. The van der Waals surface area contributed by atoms with Crippen LogP contribution in [0.2, 0.25) is 0 Å². The Morgan fingerprint density at radius 3 is 2.45 bits per heavy atom. The van der Waals surface area contributed by atoms with Crippen molar-refractivity contribution in [2.45, 2.75) is 11.3 Å². The molecule has 0 spiro atoms. The predicted molar refractivity (Wildman–Crippen MR) is 69.5 cm³/mol. The van der Waals surface area contributed by atoms with Crippen molar-refractivity contribution in [1.82, 2.24) is 9.62 Å². The minimum absolute atomic E-state index is 0.0163. The van der Waals surface area contributed by atoms with E-state index in [2.05, 4.69) is 5.32 Å². The lowest BCUT2D eigenvalue weighted by Crippen LogP contribution is -2.34. The summed E-state index contributed by atoms with van der Waals surface area (Å²) in [5.74, 6) is -0.189. The van der Waals surface area contributed by atoms with Crippen LogP contribution in [-0.2, 0) is 14.8 Å². The van der Waals surface area contributed by atoms with E-state index in [0.717, 1.165) is 12.1 Å². The second kappa shape index (κ2) is 5.55. The minimum Gasteiger partial charge on any atom is -0.355 e. The number of rotatable bonds is 3. The average Bonchev–Trinajstić information content (AvgIpc) is 2.64. The second-order valence-corrected chi connectivity index (χ2v) is 6.19. The summed E-state index contributed by atoms with van der Waals surface area (Å²) in [5.41, 5.74) is -0.170. The first-order chi connectivity index (χ1) is 9.41. The fraction of sp³-hybridized carbons (Fsp3) is 0.364. The van der Waals surface area contributed by atoms with Gasteiger partial charge in [0.25, 0.3) is 5.69 Å². The van der Waals surface area contributed by atoms with Crippen molar-refractivity contribution < 1.29 is 18.1 Å². The van der Waals surface area contributed by atoms with Crippen molar-refractivity contribution in [2.75, 3.05) is 19.6 Å². The van der Waals surface area contributed by atoms with E-state index >= 15 is 0 Å². The van der Waals surface area contributed by atoms with E-state index in [9.17, 15) is 23.3 Å². The Bertz CT molecular complexity index is 626. The van der Waals surface area contributed by atoms with E-state index in [-0.39, 0.29) is 42.5 Å². The van der Waals surface area contributed by atoms with Gasteiger partial charge in [-0.2, -0.15) is 4.31 Å². The molecule has 1 heterocycles. The third-order valence-electron chi connectivity index (χ3n) is 2.96. The minimum atomic E-state index is -3.73. The first-order valence-electron chi connectivity index (χ1n) is 5.92. The molecule has 1 aliphatic heterocycles. The highest BCUT2D eigenvalue weighted by molar-refractivity contribution is 7.89. The third kappa shape index (κ3) is 2.94. The summed E-state index contributed by atoms with van der Waals surface area (Å²) in [6.07, 6.45) is 0.103. The van der Waals surface area contributed by atoms with Gasteiger partial charge in [-0.05, 0) is 12.1 Å². The van der Waals surface area contributed by atoms with Crippen LogP contribution >= 0.6 is 0 Å². The molecule has 0 aliphatic carbocycles. The number of hydrogen-bond acceptors (Lipinski definition) is 5. The lowest BCUT2D eigenvalue weighted by molar-refractivity contribution is -0.384. The zero-order valence-corrected chi connectivity index (χ0v) is 11.3. The van der Waals surface area contributed by atoms with Crippen molar-refractivity contribution in [2.24, 2.45) is 0 Å². The van der Waals surface area contributed by atoms with Gasteiger partial charge in [0.15, 0.2) is 0 Å². The van der Waals surface area contributed by atoms with Gasteiger partial charge in [-0.3, -0.25) is 14.9 Å². The van der Waals surface area contributed by atoms with Crippen LogP contribution in [0.15, 0.2) is 29.2 Å². The van der Waals surface area contributed by atoms with Gasteiger partial charge in [-0.25, -0.2) is 8.42 Å². The summed E-state index contributed by atoms with van der Waals surface area (Å²) in [6, 6.07) is 4.70. The quantitative estimate of drug-likeness (QED) is 0.629. The summed E-state index contributed by atoms with van der Waals surface area (Å²) in [4.78, 5) is 21.1. The number of nitrogens with zero attached hydrogens (tertiary/aromatic N) is 2. The number of nitrogens with one attached hydrogen (secondary N) is 1. The van der Waals surface area contributed by atoms with Crippen LogP contribution < -0.4 is 5.32 Å². The van der Waals surface area contributed by atoms with Crippen LogP contribution in [-0.4, -0.2) is 43.2 Å². The van der Waals surface area contributed by atoms with Crippen LogP contribution in [0.1, 0.15) is 6.42 Å². The number of nitro benzene ring substituents is 1. The van der Waals surface area contributed by atoms with Crippen molar-refractivity contribution in [3.05, 3.63) is 34.4 Å². The first-order valence-corrected chi connectivity index (χ1v) is 7.36. The molecule has 0 radical (unpaired) electrons. The van der Waals surface area contributed by atoms with Crippen LogP contribution in [0.4, 0.5) is 5.69 Å². The van der Waals surface area contributed by atoms with Gasteiger partial charge in [0.05, 0.1) is 9.82 Å². The zero-order valence-electron chi connectivity index (χ0n) is 10.5. The van der Waals surface area contributed by atoms with Crippen molar-refractivity contribution in [3.8, 4) is 0 Å². The molecular formula is C11H13N3O5S. The van der Waals surface area contributed by atoms with E-state index in [1.54, 1.807) is 0 Å². The van der Waals surface area contributed by atoms with Crippen molar-refractivity contribution >= 4 is 21.6 Å². The molecule has 1 saturated heterocycles. The third-order valence-corrected chi connectivity index (χ3v) is 4.87. The molecule has 9 heteroatoms. The van der Waals surface area contributed by atoms with E-state index in [1.807, 2.05) is 0 Å². The Balaban J connectivity index is 2.25. The van der Waals surface area contributed by atoms with Crippen molar-refractivity contribution in [3.63, 3.8) is 0 Å². The fourth-order valence-electron chi connectivity index (χ4n) is 1.88. The zero-order chi connectivity index (χ0) is 14.8. The molecule has 2 rings (SSSR count). The lowest BCUT2D eigenvalue weighted by Gasteiger charge is -2.18. The topological polar surface area (TPSA) is 110 Å². The molecule has 0 unspecified atom stereocenters. The smallest absolute Gasteiger partial charge is 0.269 e. The number of nitro groups is 1. The monoisotopic (exact) mass is 299 g/mol. The summed E-state index contributed by atoms with van der Waals surface area (Å²) in [7, 11) is -3.73. The summed E-state index contributed by atoms with van der Waals surface area (Å²) in [6.45, 7) is 0.543. The first kappa shape index (κ1) is 14.4. The fourth-order valence-corrected chi connectivity index (χ4v) is 3.32. The van der Waals surface area contributed by atoms with E-state index < -0.39 is 14.9 Å². The Morgan fingerprint density at radius 1 is 1.20 bits per heavy atom. The van der Waals surface area contributed by atoms with Crippen LogP contribution in [0.25, 0.3) is 0 Å². The maximum atomic E-state index is 12.3. The molecule has 1 aromatic rings. The number of hydrogen-bond donors (Lipinski definition) is 1. The summed E-state index contributed by atoms with van der Waals surface area (Å²) >= 11 is 0. The van der Waals surface area contributed by atoms with Crippen LogP contribution in [0, 0.1) is 10.1 Å². The van der Waals surface area contributed by atoms with Crippen molar-refractivity contribution in [1.29, 1.82) is 0 Å². The Hall–Kier alpha value is -2.00. The highest BCUT2D eigenvalue weighted by atomic mass is 32.2. The van der Waals surface area contributed by atoms with Gasteiger partial charge >= 0.3 is 0 Å².